The Hall–Kier alpha value is -2.70. The molecule has 1 aliphatic rings. The number of pyridine rings is 1. The van der Waals surface area contributed by atoms with E-state index in [1.165, 1.54) is 4.57 Å². The minimum Gasteiger partial charge on any atom is -0.373 e. The zero-order valence-electron chi connectivity index (χ0n) is 15.0. The van der Waals surface area contributed by atoms with Crippen molar-refractivity contribution in [1.82, 2.24) is 19.4 Å². The lowest BCUT2D eigenvalue weighted by molar-refractivity contribution is 0.0730. The maximum Gasteiger partial charge on any atom is 0.263 e. The largest absolute Gasteiger partial charge is 0.373 e. The molecule has 1 saturated heterocycles. The number of likely N-dealkylation sites (tertiary alicyclic amines) is 1. The lowest BCUT2D eigenvalue weighted by Crippen LogP contribution is -2.36. The molecule has 1 aliphatic heterocycles. The number of nitrogens with zero attached hydrogens (tertiary/aromatic N) is 4. The van der Waals surface area contributed by atoms with Crippen LogP contribution in [-0.2, 0) is 7.05 Å². The lowest BCUT2D eigenvalue weighted by atomic mass is 10.1. The third-order valence-corrected chi connectivity index (χ3v) is 4.75. The summed E-state index contributed by atoms with van der Waals surface area (Å²) < 4.78 is 1.51. The normalized spacial score (nSPS) is 17.0. The van der Waals surface area contributed by atoms with Crippen molar-refractivity contribution in [2.75, 3.05) is 18.9 Å². The van der Waals surface area contributed by atoms with Gasteiger partial charge in [-0.05, 0) is 38.8 Å². The molecule has 0 aliphatic carbocycles. The molecule has 132 valence electrons. The molecule has 3 heterocycles. The van der Waals surface area contributed by atoms with Crippen molar-refractivity contribution >= 4 is 11.7 Å². The summed E-state index contributed by atoms with van der Waals surface area (Å²) in [7, 11) is 3.49. The summed E-state index contributed by atoms with van der Waals surface area (Å²) in [5, 5.41) is 3.02. The van der Waals surface area contributed by atoms with Crippen molar-refractivity contribution in [3.05, 3.63) is 51.3 Å². The molecule has 1 fully saturated rings. The third-order valence-electron chi connectivity index (χ3n) is 4.75. The smallest absolute Gasteiger partial charge is 0.263 e. The van der Waals surface area contributed by atoms with Crippen LogP contribution in [0, 0.1) is 13.8 Å². The molecule has 3 rings (SSSR count). The molecule has 7 heteroatoms. The van der Waals surface area contributed by atoms with Crippen molar-refractivity contribution in [2.24, 2.45) is 7.05 Å². The summed E-state index contributed by atoms with van der Waals surface area (Å²) in [4.78, 5) is 36.1. The number of carbonyl (C=O) groups is 1. The Labute approximate surface area is 146 Å². The summed E-state index contributed by atoms with van der Waals surface area (Å²) >= 11 is 0. The number of carbonyl (C=O) groups excluding carboxylic acids is 1. The molecule has 2 aromatic rings. The highest BCUT2D eigenvalue weighted by atomic mass is 16.2. The molecule has 0 saturated carbocycles. The van der Waals surface area contributed by atoms with Gasteiger partial charge in [0.2, 0.25) is 0 Å². The van der Waals surface area contributed by atoms with Crippen molar-refractivity contribution < 1.29 is 4.79 Å². The van der Waals surface area contributed by atoms with Crippen molar-refractivity contribution in [3.63, 3.8) is 0 Å². The fourth-order valence-corrected chi connectivity index (χ4v) is 3.25. The molecule has 0 radical (unpaired) electrons. The quantitative estimate of drug-likeness (QED) is 0.921. The Kier molecular flexibility index (Phi) is 4.57. The molecule has 0 spiro atoms. The molecule has 0 bridgehead atoms. The van der Waals surface area contributed by atoms with Gasteiger partial charge >= 0.3 is 0 Å². The van der Waals surface area contributed by atoms with Gasteiger partial charge in [-0.2, -0.15) is 0 Å². The SMILES string of the molecule is CNc1cc(C2CCCN2C(=O)c2ccc(C)n(C)c2=O)nc(C)n1. The zero-order valence-corrected chi connectivity index (χ0v) is 15.0. The summed E-state index contributed by atoms with van der Waals surface area (Å²) in [6, 6.07) is 5.16. The van der Waals surface area contributed by atoms with Gasteiger partial charge in [-0.15, -0.1) is 0 Å². The number of amides is 1. The van der Waals surface area contributed by atoms with Gasteiger partial charge in [0.15, 0.2) is 0 Å². The van der Waals surface area contributed by atoms with Crippen molar-refractivity contribution in [1.29, 1.82) is 0 Å². The summed E-state index contributed by atoms with van der Waals surface area (Å²) in [5.41, 5.74) is 1.58. The highest BCUT2D eigenvalue weighted by Crippen LogP contribution is 2.32. The van der Waals surface area contributed by atoms with E-state index in [9.17, 15) is 9.59 Å². The maximum atomic E-state index is 13.0. The lowest BCUT2D eigenvalue weighted by Gasteiger charge is -2.25. The molecule has 0 aromatic carbocycles. The fourth-order valence-electron chi connectivity index (χ4n) is 3.25. The predicted molar refractivity (Wildman–Crippen MR) is 95.7 cm³/mol. The molecule has 25 heavy (non-hydrogen) atoms. The molecule has 2 aromatic heterocycles. The van der Waals surface area contributed by atoms with Crippen LogP contribution < -0.4 is 10.9 Å². The van der Waals surface area contributed by atoms with E-state index in [1.54, 1.807) is 31.1 Å². The van der Waals surface area contributed by atoms with Crippen LogP contribution in [0.1, 0.15) is 46.5 Å². The van der Waals surface area contributed by atoms with Gasteiger partial charge < -0.3 is 14.8 Å². The van der Waals surface area contributed by atoms with E-state index in [0.717, 1.165) is 30.0 Å². The monoisotopic (exact) mass is 341 g/mol. The van der Waals surface area contributed by atoms with Gasteiger partial charge in [0.05, 0.1) is 11.7 Å². The first kappa shape index (κ1) is 17.1. The van der Waals surface area contributed by atoms with Gasteiger partial charge in [0.1, 0.15) is 17.2 Å². The zero-order chi connectivity index (χ0) is 18.1. The Morgan fingerprint density at radius 3 is 2.76 bits per heavy atom. The Morgan fingerprint density at radius 1 is 1.28 bits per heavy atom. The standard InChI is InChI=1S/C18H23N5O2/c1-11-7-8-13(17(24)22(11)4)18(25)23-9-5-6-15(23)14-10-16(19-3)21-12(2)20-14/h7-8,10,15H,5-6,9H2,1-4H3,(H,19,20,21). The minimum absolute atomic E-state index is 0.132. The number of hydrogen-bond donors (Lipinski definition) is 1. The van der Waals surface area contributed by atoms with Gasteiger partial charge in [0, 0.05) is 32.4 Å². The van der Waals surface area contributed by atoms with Gasteiger partial charge in [-0.25, -0.2) is 9.97 Å². The molecular weight excluding hydrogens is 318 g/mol. The second-order valence-electron chi connectivity index (χ2n) is 6.38. The first-order chi connectivity index (χ1) is 11.9. The first-order valence-corrected chi connectivity index (χ1v) is 8.43. The number of anilines is 1. The van der Waals surface area contributed by atoms with Crippen LogP contribution >= 0.6 is 0 Å². The van der Waals surface area contributed by atoms with Gasteiger partial charge in [-0.1, -0.05) is 0 Å². The highest BCUT2D eigenvalue weighted by molar-refractivity contribution is 5.94. The maximum absolute atomic E-state index is 13.0. The number of aromatic nitrogens is 3. The molecule has 7 nitrogen and oxygen atoms in total. The Balaban J connectivity index is 1.97. The van der Waals surface area contributed by atoms with Crippen LogP contribution in [0.3, 0.4) is 0 Å². The second-order valence-corrected chi connectivity index (χ2v) is 6.38. The van der Waals surface area contributed by atoms with Crippen LogP contribution in [-0.4, -0.2) is 38.9 Å². The van der Waals surface area contributed by atoms with Crippen LogP contribution in [0.25, 0.3) is 0 Å². The average molecular weight is 341 g/mol. The van der Waals surface area contributed by atoms with E-state index in [0.29, 0.717) is 12.4 Å². The second kappa shape index (κ2) is 6.66. The van der Waals surface area contributed by atoms with E-state index in [-0.39, 0.29) is 23.1 Å². The molecule has 1 atom stereocenters. The highest BCUT2D eigenvalue weighted by Gasteiger charge is 2.33. The first-order valence-electron chi connectivity index (χ1n) is 8.43. The average Bonchev–Trinajstić information content (AvgIpc) is 3.08. The van der Waals surface area contributed by atoms with Crippen LogP contribution in [0.5, 0.6) is 0 Å². The van der Waals surface area contributed by atoms with E-state index < -0.39 is 0 Å². The molecule has 1 amide bonds. The number of nitrogens with one attached hydrogen (secondary N) is 1. The number of rotatable bonds is 3. The van der Waals surface area contributed by atoms with Crippen LogP contribution in [0.4, 0.5) is 5.82 Å². The van der Waals surface area contributed by atoms with Crippen molar-refractivity contribution in [2.45, 2.75) is 32.7 Å². The Bertz CT molecular complexity index is 874. The third kappa shape index (κ3) is 3.14. The summed E-state index contributed by atoms with van der Waals surface area (Å²) in [6.45, 7) is 4.30. The molecule has 1 N–H and O–H groups in total. The topological polar surface area (TPSA) is 80.1 Å². The van der Waals surface area contributed by atoms with Crippen molar-refractivity contribution in [3.8, 4) is 0 Å². The van der Waals surface area contributed by atoms with E-state index in [1.807, 2.05) is 19.9 Å². The number of hydrogen-bond acceptors (Lipinski definition) is 5. The number of aryl methyl sites for hydroxylation is 2. The van der Waals surface area contributed by atoms with Gasteiger partial charge in [0.25, 0.3) is 11.5 Å². The summed E-state index contributed by atoms with van der Waals surface area (Å²) in [5.74, 6) is 1.16. The fraction of sp³-hybridized carbons (Fsp3) is 0.444. The molecular formula is C18H23N5O2. The predicted octanol–water partition coefficient (Wildman–Crippen LogP) is 1.81. The van der Waals surface area contributed by atoms with E-state index >= 15 is 0 Å². The van der Waals surface area contributed by atoms with Crippen LogP contribution in [0.15, 0.2) is 23.0 Å². The van der Waals surface area contributed by atoms with E-state index in [4.69, 9.17) is 0 Å². The van der Waals surface area contributed by atoms with Crippen LogP contribution in [0.2, 0.25) is 0 Å². The van der Waals surface area contributed by atoms with Gasteiger partial charge in [-0.3, -0.25) is 9.59 Å². The summed E-state index contributed by atoms with van der Waals surface area (Å²) in [6.07, 6.45) is 1.72. The molecule has 1 unspecified atom stereocenters. The minimum atomic E-state index is -0.259. The van der Waals surface area contributed by atoms with E-state index in [2.05, 4.69) is 15.3 Å². The Morgan fingerprint density at radius 2 is 2.04 bits per heavy atom.